The summed E-state index contributed by atoms with van der Waals surface area (Å²) in [4.78, 5) is 15.0. The van der Waals surface area contributed by atoms with Gasteiger partial charge in [-0.3, -0.25) is 0 Å². The Balaban J connectivity index is 2.49. The molecule has 0 bridgehead atoms. The van der Waals surface area contributed by atoms with Gasteiger partial charge >= 0.3 is 5.97 Å². The molecular weight excluding hydrogens is 402 g/mol. The van der Waals surface area contributed by atoms with Gasteiger partial charge in [0.25, 0.3) is 0 Å². The topological polar surface area (TPSA) is 34.5 Å². The Morgan fingerprint density at radius 3 is 2.46 bits per heavy atom. The van der Waals surface area contributed by atoms with Crippen LogP contribution >= 0.6 is 23.2 Å². The van der Waals surface area contributed by atoms with E-state index in [0.29, 0.717) is 46.1 Å². The maximum Gasteiger partial charge on any atom is 0.357 e. The zero-order valence-electron chi connectivity index (χ0n) is 15.9. The minimum atomic E-state index is -0.541. The van der Waals surface area contributed by atoms with Crippen molar-refractivity contribution >= 4 is 45.8 Å². The van der Waals surface area contributed by atoms with Crippen LogP contribution in [0.3, 0.4) is 0 Å². The molecule has 1 heterocycles. The zero-order chi connectivity index (χ0) is 20.4. The fourth-order valence-corrected chi connectivity index (χ4v) is 3.74. The van der Waals surface area contributed by atoms with E-state index in [-0.39, 0.29) is 11.6 Å². The third kappa shape index (κ3) is 3.56. The Morgan fingerprint density at radius 1 is 1.14 bits per heavy atom. The Morgan fingerprint density at radius 2 is 1.86 bits per heavy atom. The van der Waals surface area contributed by atoms with Gasteiger partial charge in [0.05, 0.1) is 22.8 Å². The molecule has 0 spiro atoms. The smallest absolute Gasteiger partial charge is 0.357 e. The van der Waals surface area contributed by atoms with Gasteiger partial charge in [-0.25, -0.2) is 9.18 Å². The summed E-state index contributed by atoms with van der Waals surface area (Å²) in [5.41, 5.74) is 2.22. The molecule has 0 atom stereocenters. The normalized spacial score (nSPS) is 11.1. The van der Waals surface area contributed by atoms with Gasteiger partial charge in [0.15, 0.2) is 5.69 Å². The van der Waals surface area contributed by atoms with Crippen molar-refractivity contribution in [3.63, 3.8) is 0 Å². The Kier molecular flexibility index (Phi) is 6.16. The second-order valence-corrected chi connectivity index (χ2v) is 7.03. The Labute approximate surface area is 173 Å². The number of aromatic nitrogens is 1. The highest BCUT2D eigenvalue weighted by atomic mass is 35.5. The summed E-state index contributed by atoms with van der Waals surface area (Å²) in [6.07, 6.45) is 0. The second-order valence-electron chi connectivity index (χ2n) is 6.19. The highest BCUT2D eigenvalue weighted by Gasteiger charge is 2.28. The molecule has 0 amide bonds. The predicted octanol–water partition coefficient (Wildman–Crippen LogP) is 6.10. The van der Waals surface area contributed by atoms with Crippen LogP contribution in [0.5, 0.6) is 0 Å². The lowest BCUT2D eigenvalue weighted by Crippen LogP contribution is -2.25. The van der Waals surface area contributed by atoms with Crippen molar-refractivity contribution in [2.45, 2.75) is 20.8 Å². The van der Waals surface area contributed by atoms with Crippen LogP contribution in [-0.4, -0.2) is 30.2 Å². The highest BCUT2D eigenvalue weighted by molar-refractivity contribution is 6.32. The molecular formula is C21H21Cl2FN2O2. The van der Waals surface area contributed by atoms with Crippen molar-refractivity contribution in [1.29, 1.82) is 0 Å². The lowest BCUT2D eigenvalue weighted by molar-refractivity contribution is 0.0518. The number of hydrogen-bond acceptors (Lipinski definition) is 3. The second kappa shape index (κ2) is 8.41. The van der Waals surface area contributed by atoms with Crippen molar-refractivity contribution in [3.8, 4) is 5.69 Å². The van der Waals surface area contributed by atoms with E-state index in [0.717, 1.165) is 0 Å². The molecule has 3 rings (SSSR count). The van der Waals surface area contributed by atoms with Crippen LogP contribution in [0.15, 0.2) is 36.4 Å². The van der Waals surface area contributed by atoms with Gasteiger partial charge in [-0.05, 0) is 51.1 Å². The van der Waals surface area contributed by atoms with E-state index in [2.05, 4.69) is 0 Å². The van der Waals surface area contributed by atoms with Crippen LogP contribution in [0.25, 0.3) is 16.6 Å². The summed E-state index contributed by atoms with van der Waals surface area (Å²) < 4.78 is 21.4. The van der Waals surface area contributed by atoms with E-state index < -0.39 is 11.8 Å². The third-order valence-electron chi connectivity index (χ3n) is 4.60. The van der Waals surface area contributed by atoms with Crippen LogP contribution < -0.4 is 4.90 Å². The monoisotopic (exact) mass is 422 g/mol. The number of rotatable bonds is 6. The van der Waals surface area contributed by atoms with E-state index in [9.17, 15) is 9.18 Å². The van der Waals surface area contributed by atoms with Crippen LogP contribution in [0.1, 0.15) is 31.3 Å². The molecule has 2 aromatic carbocycles. The lowest BCUT2D eigenvalue weighted by atomic mass is 10.2. The summed E-state index contributed by atoms with van der Waals surface area (Å²) in [7, 11) is 0. The number of fused-ring (bicyclic) bond motifs is 1. The first-order chi connectivity index (χ1) is 13.4. The minimum absolute atomic E-state index is 0.0187. The van der Waals surface area contributed by atoms with E-state index in [1.54, 1.807) is 29.7 Å². The molecule has 0 saturated carbocycles. The van der Waals surface area contributed by atoms with E-state index in [1.807, 2.05) is 24.8 Å². The Hall–Kier alpha value is -2.24. The number of esters is 1. The van der Waals surface area contributed by atoms with E-state index >= 15 is 0 Å². The molecule has 0 saturated heterocycles. The van der Waals surface area contributed by atoms with Crippen molar-refractivity contribution in [3.05, 3.63) is 58.0 Å². The molecule has 28 heavy (non-hydrogen) atoms. The third-order valence-corrected chi connectivity index (χ3v) is 5.12. The summed E-state index contributed by atoms with van der Waals surface area (Å²) in [6, 6.07) is 10.0. The molecule has 1 aromatic heterocycles. The first-order valence-electron chi connectivity index (χ1n) is 9.14. The van der Waals surface area contributed by atoms with E-state index in [1.165, 1.54) is 12.1 Å². The molecule has 0 fully saturated rings. The van der Waals surface area contributed by atoms with Crippen LogP contribution in [0.2, 0.25) is 10.0 Å². The van der Waals surface area contributed by atoms with Crippen molar-refractivity contribution in [2.75, 3.05) is 24.6 Å². The summed E-state index contributed by atoms with van der Waals surface area (Å²) in [5, 5.41) is 1.09. The number of hydrogen-bond donors (Lipinski definition) is 0. The van der Waals surface area contributed by atoms with Crippen molar-refractivity contribution < 1.29 is 13.9 Å². The molecule has 0 aliphatic rings. The molecule has 0 aliphatic carbocycles. The quantitative estimate of drug-likeness (QED) is 0.450. The zero-order valence-corrected chi connectivity index (χ0v) is 17.4. The summed E-state index contributed by atoms with van der Waals surface area (Å²) >= 11 is 12.3. The molecule has 0 aliphatic heterocycles. The minimum Gasteiger partial charge on any atom is -0.461 e. The highest BCUT2D eigenvalue weighted by Crippen LogP contribution is 2.39. The van der Waals surface area contributed by atoms with Gasteiger partial charge in [0, 0.05) is 29.2 Å². The fraction of sp³-hybridized carbons (Fsp3) is 0.286. The molecule has 0 radical (unpaired) electrons. The fourth-order valence-electron chi connectivity index (χ4n) is 3.40. The molecule has 7 heteroatoms. The summed E-state index contributed by atoms with van der Waals surface area (Å²) in [5.74, 6) is -1.03. The molecule has 0 unspecified atom stereocenters. The number of nitrogens with zero attached hydrogens (tertiary/aromatic N) is 2. The predicted molar refractivity (Wildman–Crippen MR) is 113 cm³/mol. The van der Waals surface area contributed by atoms with Crippen LogP contribution in [0, 0.1) is 5.82 Å². The Bertz CT molecular complexity index is 1030. The van der Waals surface area contributed by atoms with Crippen molar-refractivity contribution in [2.24, 2.45) is 0 Å². The summed E-state index contributed by atoms with van der Waals surface area (Å²) in [6.45, 7) is 7.21. The SMILES string of the molecule is CCOC(=O)c1c(N(CC)CC)c2cc(F)c(Cl)cc2n1-c1cccc(Cl)c1. The van der Waals surface area contributed by atoms with Crippen LogP contribution in [0.4, 0.5) is 10.1 Å². The molecule has 3 aromatic rings. The van der Waals surface area contributed by atoms with Crippen molar-refractivity contribution in [1.82, 2.24) is 4.57 Å². The van der Waals surface area contributed by atoms with Crippen LogP contribution in [-0.2, 0) is 4.74 Å². The van der Waals surface area contributed by atoms with Gasteiger partial charge in [0.2, 0.25) is 0 Å². The molecule has 148 valence electrons. The van der Waals surface area contributed by atoms with Gasteiger partial charge in [-0.15, -0.1) is 0 Å². The number of anilines is 1. The maximum atomic E-state index is 14.4. The van der Waals surface area contributed by atoms with Gasteiger partial charge in [-0.1, -0.05) is 29.3 Å². The number of carbonyl (C=O) groups excluding carboxylic acids is 1. The molecule has 4 nitrogen and oxygen atoms in total. The lowest BCUT2D eigenvalue weighted by Gasteiger charge is -2.22. The number of benzene rings is 2. The van der Waals surface area contributed by atoms with Gasteiger partial charge in [0.1, 0.15) is 5.82 Å². The number of ether oxygens (including phenoxy) is 1. The largest absolute Gasteiger partial charge is 0.461 e. The van der Waals surface area contributed by atoms with Gasteiger partial charge in [-0.2, -0.15) is 0 Å². The first kappa shape index (κ1) is 20.5. The average Bonchev–Trinajstić information content (AvgIpc) is 2.98. The number of halogens is 3. The standard InChI is InChI=1S/C21H21Cl2FN2O2/c1-4-25(5-2)19-15-11-17(24)16(23)12-18(15)26(20(19)21(27)28-6-3)14-9-7-8-13(22)10-14/h7-12H,4-6H2,1-3H3. The maximum absolute atomic E-state index is 14.4. The van der Waals surface area contributed by atoms with Gasteiger partial charge < -0.3 is 14.2 Å². The van der Waals surface area contributed by atoms with E-state index in [4.69, 9.17) is 27.9 Å². The number of carbonyl (C=O) groups is 1. The average molecular weight is 423 g/mol. The molecule has 0 N–H and O–H groups in total. The first-order valence-corrected chi connectivity index (χ1v) is 9.89.